The Morgan fingerprint density at radius 2 is 0.933 bits per heavy atom. The quantitative estimate of drug-likeness (QED) is 0.245. The molecular weight excluding hydrogens is 445 g/mol. The van der Waals surface area contributed by atoms with E-state index >= 15 is 0 Å². The molecule has 0 bridgehead atoms. The molecule has 156 valence electrons. The van der Waals surface area contributed by atoms with Crippen LogP contribution in [0.2, 0.25) is 0 Å². The zero-order valence-electron chi connectivity index (χ0n) is 14.7. The smallest absolute Gasteiger partial charge is 0.208 e. The molecule has 3 rings (SSSR count). The Hall–Kier alpha value is -2.51. The average molecular weight is 452 g/mol. The van der Waals surface area contributed by atoms with Crippen molar-refractivity contribution in [2.45, 2.75) is 6.92 Å². The summed E-state index contributed by atoms with van der Waals surface area (Å²) in [6.45, 7) is 0.674. The minimum atomic E-state index is -4.52. The minimum Gasteiger partial charge on any atom is -0.208 e. The molecule has 3 aromatic rings. The second-order valence-electron chi connectivity index (χ2n) is 6.31. The Morgan fingerprint density at radius 1 is 0.500 bits per heavy atom. The van der Waals surface area contributed by atoms with E-state index in [1.807, 2.05) is 0 Å². The predicted octanol–water partition coefficient (Wildman–Crippen LogP) is 3.90. The third kappa shape index (κ3) is 3.57. The lowest BCUT2D eigenvalue weighted by Crippen LogP contribution is -2.58. The Balaban J connectivity index is 2.52. The molecule has 0 amide bonds. The number of rotatable bonds is 3. The molecule has 0 aliphatic rings. The van der Waals surface area contributed by atoms with Crippen molar-refractivity contribution in [2.24, 2.45) is 0 Å². The maximum atomic E-state index is 14.8. The minimum absolute atomic E-state index is 0.0655. The number of halogens is 10. The molecule has 0 saturated carbocycles. The van der Waals surface area contributed by atoms with Gasteiger partial charge in [0.15, 0.2) is 29.1 Å². The van der Waals surface area contributed by atoms with Crippen LogP contribution < -0.4 is 13.3 Å². The summed E-state index contributed by atoms with van der Waals surface area (Å²) >= 11 is -4.52. The standard InChI is InChI=1S/C7H3F4.2C6H2F3.Al/c1-3-4(8)2-5(9)7(11)6(3)10;2*7-4-1-2-5(8)6(9)3-4;/h1H3;2*1,3H;. The number of hydrogen-bond donors (Lipinski definition) is 0. The Morgan fingerprint density at radius 3 is 1.37 bits per heavy atom. The molecular formula is C19H7AlF10. The van der Waals surface area contributed by atoms with E-state index in [1.54, 1.807) is 0 Å². The van der Waals surface area contributed by atoms with E-state index in [0.29, 0.717) is 6.92 Å². The van der Waals surface area contributed by atoms with Crippen LogP contribution in [0, 0.1) is 65.1 Å². The molecule has 0 nitrogen and oxygen atoms in total. The van der Waals surface area contributed by atoms with Crippen LogP contribution in [0.25, 0.3) is 0 Å². The van der Waals surface area contributed by atoms with Gasteiger partial charge in [0.05, 0.1) is 0 Å². The maximum Gasteiger partial charge on any atom is 0.403 e. The van der Waals surface area contributed by atoms with Crippen molar-refractivity contribution in [1.82, 2.24) is 0 Å². The maximum absolute atomic E-state index is 14.8. The largest absolute Gasteiger partial charge is 0.403 e. The van der Waals surface area contributed by atoms with Gasteiger partial charge in [0.2, 0.25) is 0 Å². The Kier molecular flexibility index (Phi) is 5.89. The van der Waals surface area contributed by atoms with Crippen LogP contribution in [0.1, 0.15) is 5.56 Å². The highest BCUT2D eigenvalue weighted by atomic mass is 27.2. The van der Waals surface area contributed by atoms with Crippen molar-refractivity contribution in [2.75, 3.05) is 0 Å². The molecule has 3 aromatic carbocycles. The summed E-state index contributed by atoms with van der Waals surface area (Å²) in [6, 6.07) is 0.617. The molecule has 0 heterocycles. The summed E-state index contributed by atoms with van der Waals surface area (Å²) in [5, 5.41) is 0. The fraction of sp³-hybridized carbons (Fsp3) is 0.0526. The lowest BCUT2D eigenvalue weighted by molar-refractivity contribution is 0.434. The van der Waals surface area contributed by atoms with E-state index in [1.165, 1.54) is 0 Å². The van der Waals surface area contributed by atoms with Crippen molar-refractivity contribution in [3.8, 4) is 0 Å². The molecule has 0 N–H and O–H groups in total. The topological polar surface area (TPSA) is 0 Å². The molecule has 0 radical (unpaired) electrons. The van der Waals surface area contributed by atoms with Crippen molar-refractivity contribution >= 4 is 27.4 Å². The van der Waals surface area contributed by atoms with Gasteiger partial charge in [0, 0.05) is 17.7 Å². The number of benzene rings is 3. The van der Waals surface area contributed by atoms with Crippen LogP contribution in [-0.4, -0.2) is 14.1 Å². The second-order valence-corrected chi connectivity index (χ2v) is 9.00. The van der Waals surface area contributed by atoms with Gasteiger partial charge in [-0.1, -0.05) is 8.85 Å². The van der Waals surface area contributed by atoms with E-state index in [2.05, 4.69) is 0 Å². The first-order valence-electron chi connectivity index (χ1n) is 8.07. The molecule has 11 heteroatoms. The first kappa shape index (κ1) is 22.2. The first-order chi connectivity index (χ1) is 14.0. The molecule has 0 aliphatic carbocycles. The van der Waals surface area contributed by atoms with E-state index < -0.39 is 91.2 Å². The monoisotopic (exact) mass is 452 g/mol. The zero-order chi connectivity index (χ0) is 22.5. The molecule has 0 atom stereocenters. The van der Waals surface area contributed by atoms with Crippen LogP contribution in [0.4, 0.5) is 43.9 Å². The van der Waals surface area contributed by atoms with Crippen LogP contribution in [0.15, 0.2) is 24.3 Å². The van der Waals surface area contributed by atoms with Crippen molar-refractivity contribution in [3.63, 3.8) is 0 Å². The summed E-state index contributed by atoms with van der Waals surface area (Å²) in [5.74, 6) is -18.6. The molecule has 0 aliphatic heterocycles. The molecule has 0 spiro atoms. The SMILES string of the molecule is Cc1c(F)c(F)c(F)[c]([Al]([c]2cc(F)cc(F)c2F)[c]2cc(F)cc(F)c2F)c1F. The normalized spacial score (nSPS) is 11.2. The van der Waals surface area contributed by atoms with Crippen molar-refractivity contribution < 1.29 is 43.9 Å². The average Bonchev–Trinajstić information content (AvgIpc) is 2.68. The van der Waals surface area contributed by atoms with Gasteiger partial charge in [0.25, 0.3) is 0 Å². The summed E-state index contributed by atoms with van der Waals surface area (Å²) in [6.07, 6.45) is 0. The van der Waals surface area contributed by atoms with Gasteiger partial charge >= 0.3 is 14.1 Å². The third-order valence-electron chi connectivity index (χ3n) is 4.47. The van der Waals surface area contributed by atoms with Crippen LogP contribution >= 0.6 is 0 Å². The van der Waals surface area contributed by atoms with Gasteiger partial charge < -0.3 is 0 Å². The van der Waals surface area contributed by atoms with E-state index in [9.17, 15) is 43.9 Å². The van der Waals surface area contributed by atoms with Gasteiger partial charge in [-0.15, -0.1) is 0 Å². The van der Waals surface area contributed by atoms with Crippen LogP contribution in [-0.2, 0) is 0 Å². The van der Waals surface area contributed by atoms with Gasteiger partial charge in [-0.2, -0.15) is 0 Å². The van der Waals surface area contributed by atoms with Gasteiger partial charge in [-0.3, -0.25) is 0 Å². The van der Waals surface area contributed by atoms with Gasteiger partial charge in [-0.25, -0.2) is 43.9 Å². The zero-order valence-corrected chi connectivity index (χ0v) is 15.8. The molecule has 0 saturated heterocycles. The second kappa shape index (κ2) is 7.96. The highest BCUT2D eigenvalue weighted by molar-refractivity contribution is 6.95. The highest BCUT2D eigenvalue weighted by Crippen LogP contribution is 2.19. The Labute approximate surface area is 166 Å². The van der Waals surface area contributed by atoms with Gasteiger partial charge in [0.1, 0.15) is 29.1 Å². The molecule has 0 aromatic heterocycles. The molecule has 30 heavy (non-hydrogen) atoms. The van der Waals surface area contributed by atoms with Crippen molar-refractivity contribution in [3.05, 3.63) is 88.0 Å². The fourth-order valence-corrected chi connectivity index (χ4v) is 6.32. The molecule has 0 unspecified atom stereocenters. The fourth-order valence-electron chi connectivity index (χ4n) is 3.08. The summed E-state index contributed by atoms with van der Waals surface area (Å²) in [7, 11) is 0. The van der Waals surface area contributed by atoms with Crippen LogP contribution in [0.3, 0.4) is 0 Å². The van der Waals surface area contributed by atoms with Gasteiger partial charge in [-0.05, 0) is 23.5 Å². The highest BCUT2D eigenvalue weighted by Gasteiger charge is 2.40. The number of hydrogen-bond acceptors (Lipinski definition) is 0. The lowest BCUT2D eigenvalue weighted by atomic mass is 10.2. The summed E-state index contributed by atoms with van der Waals surface area (Å²) in [4.78, 5) is 0. The van der Waals surface area contributed by atoms with Crippen LogP contribution in [0.5, 0.6) is 0 Å². The van der Waals surface area contributed by atoms with Crippen molar-refractivity contribution in [1.29, 1.82) is 0 Å². The first-order valence-corrected chi connectivity index (χ1v) is 9.80. The van der Waals surface area contributed by atoms with E-state index in [4.69, 9.17) is 0 Å². The van der Waals surface area contributed by atoms with E-state index in [0.717, 1.165) is 0 Å². The Bertz CT molecular complexity index is 1090. The summed E-state index contributed by atoms with van der Waals surface area (Å²) in [5.41, 5.74) is -1.10. The lowest BCUT2D eigenvalue weighted by Gasteiger charge is -2.19. The molecule has 0 fully saturated rings. The summed E-state index contributed by atoms with van der Waals surface area (Å²) < 4.78 is 137. The predicted molar refractivity (Wildman–Crippen MR) is 88.3 cm³/mol. The third-order valence-corrected chi connectivity index (χ3v) is 7.64. The van der Waals surface area contributed by atoms with E-state index in [-0.39, 0.29) is 24.3 Å².